The molecule has 1 amide bonds. The van der Waals surface area contributed by atoms with Crippen LogP contribution in [0.25, 0.3) is 0 Å². The normalized spacial score (nSPS) is 17.5. The minimum absolute atomic E-state index is 0.123. The number of carbonyl (C=O) groups is 1. The minimum atomic E-state index is -0.802. The highest BCUT2D eigenvalue weighted by molar-refractivity contribution is 8.00. The number of thioether (sulfide) groups is 1. The molecular formula is C16H22F2N2O2S. The van der Waals surface area contributed by atoms with Gasteiger partial charge in [-0.05, 0) is 39.1 Å². The smallest absolute Gasteiger partial charge is 0.237 e. The maximum atomic E-state index is 14.0. The number of nitrogens with zero attached hydrogens (tertiary/aromatic N) is 1. The third-order valence-electron chi connectivity index (χ3n) is 3.48. The number of ether oxygens (including phenoxy) is 1. The Kier molecular flexibility index (Phi) is 6.65. The molecule has 7 heteroatoms. The molecule has 1 saturated heterocycles. The molecule has 1 aromatic rings. The number of halogens is 2. The van der Waals surface area contributed by atoms with Gasteiger partial charge in [-0.2, -0.15) is 0 Å². The van der Waals surface area contributed by atoms with Gasteiger partial charge in [0.25, 0.3) is 0 Å². The van der Waals surface area contributed by atoms with E-state index in [1.807, 2.05) is 19.0 Å². The van der Waals surface area contributed by atoms with E-state index in [9.17, 15) is 13.6 Å². The van der Waals surface area contributed by atoms with Crippen molar-refractivity contribution in [2.24, 2.45) is 0 Å². The molecule has 0 bridgehead atoms. The summed E-state index contributed by atoms with van der Waals surface area (Å²) in [6, 6.07) is 2.20. The Hall–Kier alpha value is -1.34. The Labute approximate surface area is 139 Å². The van der Waals surface area contributed by atoms with Crippen LogP contribution in [0.2, 0.25) is 0 Å². The zero-order valence-electron chi connectivity index (χ0n) is 13.4. The van der Waals surface area contributed by atoms with Crippen molar-refractivity contribution >= 4 is 23.4 Å². The summed E-state index contributed by atoms with van der Waals surface area (Å²) in [5.41, 5.74) is 0.123. The first-order valence-electron chi connectivity index (χ1n) is 7.66. The standard InChI is InChI=1S/C16H22F2N2O2S/c1-20(2)6-4-7-22-15-12(17)9-11(10-13(15)18)19-16(21)14-5-3-8-23-14/h9-10,14H,3-8H2,1-2H3,(H,19,21)/t14-/m0/s1. The molecule has 1 aliphatic rings. The molecule has 2 rings (SSSR count). The summed E-state index contributed by atoms with van der Waals surface area (Å²) in [6.07, 6.45) is 2.46. The van der Waals surface area contributed by atoms with E-state index in [1.165, 1.54) is 0 Å². The highest BCUT2D eigenvalue weighted by Crippen LogP contribution is 2.29. The Balaban J connectivity index is 1.94. The van der Waals surface area contributed by atoms with E-state index in [2.05, 4.69) is 5.32 Å². The molecule has 0 radical (unpaired) electrons. The molecule has 1 heterocycles. The molecule has 1 fully saturated rings. The van der Waals surface area contributed by atoms with E-state index in [4.69, 9.17) is 4.74 Å². The second-order valence-corrected chi connectivity index (χ2v) is 7.08. The predicted octanol–water partition coefficient (Wildman–Crippen LogP) is 3.13. The average Bonchev–Trinajstić information content (AvgIpc) is 2.99. The quantitative estimate of drug-likeness (QED) is 0.772. The lowest BCUT2D eigenvalue weighted by Crippen LogP contribution is -2.23. The minimum Gasteiger partial charge on any atom is -0.488 e. The van der Waals surface area contributed by atoms with Crippen LogP contribution in [-0.2, 0) is 4.79 Å². The molecule has 0 spiro atoms. The molecule has 0 unspecified atom stereocenters. The van der Waals surface area contributed by atoms with Crippen molar-refractivity contribution in [2.45, 2.75) is 24.5 Å². The molecule has 4 nitrogen and oxygen atoms in total. The van der Waals surface area contributed by atoms with Crippen LogP contribution >= 0.6 is 11.8 Å². The molecule has 0 saturated carbocycles. The molecule has 0 aliphatic carbocycles. The van der Waals surface area contributed by atoms with Gasteiger partial charge in [0.15, 0.2) is 17.4 Å². The number of hydrogen-bond acceptors (Lipinski definition) is 4. The number of rotatable bonds is 7. The summed E-state index contributed by atoms with van der Waals surface area (Å²) in [6.45, 7) is 1.01. The second kappa shape index (κ2) is 8.49. The number of carbonyl (C=O) groups excluding carboxylic acids is 1. The summed E-state index contributed by atoms with van der Waals surface area (Å²) in [5, 5.41) is 2.44. The van der Waals surface area contributed by atoms with Gasteiger partial charge in [0, 0.05) is 24.4 Å². The largest absolute Gasteiger partial charge is 0.488 e. The van der Waals surface area contributed by atoms with Gasteiger partial charge < -0.3 is 15.0 Å². The third kappa shape index (κ3) is 5.35. The highest BCUT2D eigenvalue weighted by atomic mass is 32.2. The van der Waals surface area contributed by atoms with E-state index >= 15 is 0 Å². The molecule has 1 aliphatic heterocycles. The Morgan fingerprint density at radius 1 is 1.39 bits per heavy atom. The first kappa shape index (κ1) is 18.0. The van der Waals surface area contributed by atoms with Crippen molar-refractivity contribution in [2.75, 3.05) is 38.3 Å². The number of anilines is 1. The Morgan fingerprint density at radius 3 is 2.65 bits per heavy atom. The molecule has 1 atom stereocenters. The molecule has 128 valence electrons. The summed E-state index contributed by atoms with van der Waals surface area (Å²) in [7, 11) is 3.84. The van der Waals surface area contributed by atoms with Crippen LogP contribution in [0.1, 0.15) is 19.3 Å². The fraction of sp³-hybridized carbons (Fsp3) is 0.562. The number of benzene rings is 1. The van der Waals surface area contributed by atoms with Gasteiger partial charge in [0.2, 0.25) is 5.91 Å². The van der Waals surface area contributed by atoms with E-state index in [0.717, 1.165) is 37.3 Å². The van der Waals surface area contributed by atoms with E-state index < -0.39 is 17.4 Å². The first-order chi connectivity index (χ1) is 11.0. The van der Waals surface area contributed by atoms with Crippen molar-refractivity contribution in [1.29, 1.82) is 0 Å². The molecular weight excluding hydrogens is 322 g/mol. The van der Waals surface area contributed by atoms with Gasteiger partial charge >= 0.3 is 0 Å². The Bertz CT molecular complexity index is 526. The van der Waals surface area contributed by atoms with Gasteiger partial charge in [-0.1, -0.05) is 0 Å². The lowest BCUT2D eigenvalue weighted by Gasteiger charge is -2.13. The monoisotopic (exact) mass is 344 g/mol. The van der Waals surface area contributed by atoms with E-state index in [1.54, 1.807) is 11.8 Å². The first-order valence-corrected chi connectivity index (χ1v) is 8.71. The summed E-state index contributed by atoms with van der Waals surface area (Å²) in [4.78, 5) is 14.0. The van der Waals surface area contributed by atoms with Gasteiger partial charge in [-0.3, -0.25) is 4.79 Å². The van der Waals surface area contributed by atoms with Gasteiger partial charge in [0.1, 0.15) is 0 Å². The van der Waals surface area contributed by atoms with Gasteiger partial charge in [-0.15, -0.1) is 11.8 Å². The van der Waals surface area contributed by atoms with Crippen LogP contribution in [0.5, 0.6) is 5.75 Å². The second-order valence-electron chi connectivity index (χ2n) is 5.77. The van der Waals surface area contributed by atoms with Crippen LogP contribution in [0.3, 0.4) is 0 Å². The lowest BCUT2D eigenvalue weighted by molar-refractivity contribution is -0.115. The van der Waals surface area contributed by atoms with Crippen molar-refractivity contribution < 1.29 is 18.3 Å². The number of nitrogens with one attached hydrogen (secondary N) is 1. The van der Waals surface area contributed by atoms with Crippen LogP contribution < -0.4 is 10.1 Å². The predicted molar refractivity (Wildman–Crippen MR) is 89.1 cm³/mol. The van der Waals surface area contributed by atoms with Crippen LogP contribution in [0.4, 0.5) is 14.5 Å². The van der Waals surface area contributed by atoms with Crippen LogP contribution in [-0.4, -0.2) is 49.1 Å². The van der Waals surface area contributed by atoms with Crippen LogP contribution in [0, 0.1) is 11.6 Å². The van der Waals surface area contributed by atoms with Crippen molar-refractivity contribution in [3.63, 3.8) is 0 Å². The third-order valence-corrected chi connectivity index (χ3v) is 4.86. The highest BCUT2D eigenvalue weighted by Gasteiger charge is 2.24. The molecule has 1 aromatic carbocycles. The van der Waals surface area contributed by atoms with E-state index in [0.29, 0.717) is 6.42 Å². The van der Waals surface area contributed by atoms with Crippen LogP contribution in [0.15, 0.2) is 12.1 Å². The summed E-state index contributed by atoms with van der Waals surface area (Å²) >= 11 is 1.57. The number of amides is 1. The fourth-order valence-corrected chi connectivity index (χ4v) is 3.49. The van der Waals surface area contributed by atoms with E-state index in [-0.39, 0.29) is 23.5 Å². The summed E-state index contributed by atoms with van der Waals surface area (Å²) in [5.74, 6) is -1.25. The molecule has 0 aromatic heterocycles. The average molecular weight is 344 g/mol. The Morgan fingerprint density at radius 2 is 2.09 bits per heavy atom. The molecule has 23 heavy (non-hydrogen) atoms. The van der Waals surface area contributed by atoms with Gasteiger partial charge in [-0.25, -0.2) is 8.78 Å². The van der Waals surface area contributed by atoms with Crippen molar-refractivity contribution in [3.8, 4) is 5.75 Å². The number of hydrogen-bond donors (Lipinski definition) is 1. The maximum Gasteiger partial charge on any atom is 0.237 e. The van der Waals surface area contributed by atoms with Gasteiger partial charge in [0.05, 0.1) is 11.9 Å². The topological polar surface area (TPSA) is 41.6 Å². The lowest BCUT2D eigenvalue weighted by atomic mass is 10.2. The fourth-order valence-electron chi connectivity index (χ4n) is 2.33. The molecule has 1 N–H and O–H groups in total. The van der Waals surface area contributed by atoms with Crippen molar-refractivity contribution in [1.82, 2.24) is 4.90 Å². The summed E-state index contributed by atoms with van der Waals surface area (Å²) < 4.78 is 33.2. The maximum absolute atomic E-state index is 14.0. The zero-order valence-corrected chi connectivity index (χ0v) is 14.2. The zero-order chi connectivity index (χ0) is 16.8. The SMILES string of the molecule is CN(C)CCCOc1c(F)cc(NC(=O)[C@@H]2CCCS2)cc1F. The van der Waals surface area contributed by atoms with Crippen molar-refractivity contribution in [3.05, 3.63) is 23.8 Å².